The van der Waals surface area contributed by atoms with Crippen molar-refractivity contribution in [2.45, 2.75) is 30.9 Å². The van der Waals surface area contributed by atoms with Crippen molar-refractivity contribution < 1.29 is 9.59 Å². The third-order valence-corrected chi connectivity index (χ3v) is 6.64. The molecule has 0 aliphatic rings. The van der Waals surface area contributed by atoms with Crippen molar-refractivity contribution in [3.05, 3.63) is 44.9 Å². The van der Waals surface area contributed by atoms with Crippen LogP contribution in [0.5, 0.6) is 0 Å². The van der Waals surface area contributed by atoms with E-state index in [0.717, 1.165) is 10.1 Å². The zero-order valence-electron chi connectivity index (χ0n) is 13.9. The van der Waals surface area contributed by atoms with E-state index in [1.54, 1.807) is 36.9 Å². The number of aromatic nitrogens is 3. The predicted octanol–water partition coefficient (Wildman–Crippen LogP) is 4.29. The van der Waals surface area contributed by atoms with Crippen LogP contribution in [-0.2, 0) is 5.75 Å². The summed E-state index contributed by atoms with van der Waals surface area (Å²) < 4.78 is 0.799. The number of carbonyl (C=O) groups excluding carboxylic acids is 2. The summed E-state index contributed by atoms with van der Waals surface area (Å²) in [6.45, 7) is 5.04. The average molecular weight is 393 g/mol. The molecule has 25 heavy (non-hydrogen) atoms. The molecule has 0 bridgehead atoms. The average Bonchev–Trinajstić information content (AvgIpc) is 3.26. The zero-order chi connectivity index (χ0) is 18.0. The Kier molecular flexibility index (Phi) is 5.36. The number of ketones is 1. The van der Waals surface area contributed by atoms with E-state index in [4.69, 9.17) is 0 Å². The van der Waals surface area contributed by atoms with E-state index in [0.29, 0.717) is 27.6 Å². The topological polar surface area (TPSA) is 87.7 Å². The molecule has 0 saturated heterocycles. The molecular weight excluding hydrogens is 376 g/mol. The van der Waals surface area contributed by atoms with Crippen molar-refractivity contribution in [3.8, 4) is 0 Å². The lowest BCUT2D eigenvalue weighted by molar-refractivity contribution is 0.101. The van der Waals surface area contributed by atoms with Gasteiger partial charge in [-0.05, 0) is 37.8 Å². The van der Waals surface area contributed by atoms with Crippen LogP contribution in [0.4, 0.5) is 5.13 Å². The maximum absolute atomic E-state index is 12.5. The molecule has 0 fully saturated rings. The standard InChI is InChI=1S/C16H16N4O2S3/c1-8-12(10(3)21)9(2)17-13(8)14(22)18-15-19-20-16(25-15)24-7-11-5-4-6-23-11/h4-6,17H,7H2,1-3H3,(H,18,19,22). The fourth-order valence-corrected chi connectivity index (χ4v) is 5.03. The second kappa shape index (κ2) is 7.51. The number of anilines is 1. The molecule has 2 N–H and O–H groups in total. The number of thioether (sulfide) groups is 1. The van der Waals surface area contributed by atoms with Gasteiger partial charge in [-0.2, -0.15) is 0 Å². The van der Waals surface area contributed by atoms with Crippen LogP contribution in [0.3, 0.4) is 0 Å². The minimum absolute atomic E-state index is 0.0616. The minimum Gasteiger partial charge on any atom is -0.354 e. The van der Waals surface area contributed by atoms with Crippen LogP contribution < -0.4 is 5.32 Å². The number of aryl methyl sites for hydroxylation is 1. The Bertz CT molecular complexity index is 912. The SMILES string of the molecule is CC(=O)c1c(C)[nH]c(C(=O)Nc2nnc(SCc3cccs3)s2)c1C. The van der Waals surface area contributed by atoms with Crippen LogP contribution in [0.1, 0.15) is 43.9 Å². The van der Waals surface area contributed by atoms with E-state index in [9.17, 15) is 9.59 Å². The largest absolute Gasteiger partial charge is 0.354 e. The van der Waals surface area contributed by atoms with E-state index in [1.165, 1.54) is 23.1 Å². The number of amides is 1. The van der Waals surface area contributed by atoms with Gasteiger partial charge in [0.1, 0.15) is 5.69 Å². The summed E-state index contributed by atoms with van der Waals surface area (Å²) in [5.74, 6) is 0.449. The molecule has 0 atom stereocenters. The van der Waals surface area contributed by atoms with Crippen LogP contribution in [0.25, 0.3) is 0 Å². The Balaban J connectivity index is 1.67. The van der Waals surface area contributed by atoms with Gasteiger partial charge in [-0.15, -0.1) is 21.5 Å². The van der Waals surface area contributed by atoms with Gasteiger partial charge in [0.2, 0.25) is 5.13 Å². The number of carbonyl (C=O) groups is 2. The number of nitrogens with one attached hydrogen (secondary N) is 2. The van der Waals surface area contributed by atoms with Crippen molar-refractivity contribution in [3.63, 3.8) is 0 Å². The van der Waals surface area contributed by atoms with Gasteiger partial charge in [0.25, 0.3) is 5.91 Å². The van der Waals surface area contributed by atoms with Crippen molar-refractivity contribution in [2.24, 2.45) is 0 Å². The Morgan fingerprint density at radius 1 is 1.32 bits per heavy atom. The van der Waals surface area contributed by atoms with Gasteiger partial charge < -0.3 is 4.98 Å². The van der Waals surface area contributed by atoms with Crippen LogP contribution >= 0.6 is 34.4 Å². The van der Waals surface area contributed by atoms with Crippen LogP contribution in [-0.4, -0.2) is 26.9 Å². The molecule has 130 valence electrons. The third-order valence-electron chi connectivity index (χ3n) is 3.56. The van der Waals surface area contributed by atoms with Gasteiger partial charge in [0.15, 0.2) is 10.1 Å². The first-order chi connectivity index (χ1) is 12.0. The minimum atomic E-state index is -0.320. The number of nitrogens with zero attached hydrogens (tertiary/aromatic N) is 2. The number of hydrogen-bond acceptors (Lipinski definition) is 7. The Morgan fingerprint density at radius 3 is 2.76 bits per heavy atom. The summed E-state index contributed by atoms with van der Waals surface area (Å²) in [4.78, 5) is 28.4. The maximum Gasteiger partial charge on any atom is 0.274 e. The molecule has 0 unspecified atom stereocenters. The highest BCUT2D eigenvalue weighted by molar-refractivity contribution is 8.00. The smallest absolute Gasteiger partial charge is 0.274 e. The lowest BCUT2D eigenvalue weighted by Crippen LogP contribution is -2.13. The second-order valence-electron chi connectivity index (χ2n) is 5.38. The zero-order valence-corrected chi connectivity index (χ0v) is 16.3. The normalized spacial score (nSPS) is 10.8. The summed E-state index contributed by atoms with van der Waals surface area (Å²) in [6, 6.07) is 4.09. The molecule has 3 aromatic heterocycles. The highest BCUT2D eigenvalue weighted by Crippen LogP contribution is 2.30. The molecule has 0 aliphatic carbocycles. The monoisotopic (exact) mass is 392 g/mol. The number of H-pyrrole nitrogens is 1. The number of rotatable bonds is 6. The van der Waals surface area contributed by atoms with E-state index in [1.807, 2.05) is 11.4 Å². The van der Waals surface area contributed by atoms with Crippen LogP contribution in [0, 0.1) is 13.8 Å². The molecule has 0 aliphatic heterocycles. The molecule has 0 spiro atoms. The van der Waals surface area contributed by atoms with Gasteiger partial charge in [-0.25, -0.2) is 0 Å². The highest BCUT2D eigenvalue weighted by atomic mass is 32.2. The van der Waals surface area contributed by atoms with Gasteiger partial charge in [-0.1, -0.05) is 29.2 Å². The van der Waals surface area contributed by atoms with Crippen molar-refractivity contribution >= 4 is 51.3 Å². The molecule has 0 aromatic carbocycles. The second-order valence-corrected chi connectivity index (χ2v) is 8.61. The van der Waals surface area contributed by atoms with Gasteiger partial charge in [-0.3, -0.25) is 14.9 Å². The van der Waals surface area contributed by atoms with Crippen LogP contribution in [0.2, 0.25) is 0 Å². The molecule has 9 heteroatoms. The molecule has 3 aromatic rings. The summed E-state index contributed by atoms with van der Waals surface area (Å²) in [7, 11) is 0. The Morgan fingerprint density at radius 2 is 2.12 bits per heavy atom. The molecule has 1 amide bonds. The first-order valence-corrected chi connectivity index (χ1v) is 10.1. The van der Waals surface area contributed by atoms with E-state index >= 15 is 0 Å². The van der Waals surface area contributed by atoms with Crippen molar-refractivity contribution in [1.82, 2.24) is 15.2 Å². The first-order valence-electron chi connectivity index (χ1n) is 7.46. The number of thiophene rings is 1. The predicted molar refractivity (Wildman–Crippen MR) is 102 cm³/mol. The van der Waals surface area contributed by atoms with Crippen LogP contribution in [0.15, 0.2) is 21.9 Å². The lowest BCUT2D eigenvalue weighted by Gasteiger charge is -2.00. The summed E-state index contributed by atoms with van der Waals surface area (Å²) in [5, 5.41) is 13.3. The number of Topliss-reactive ketones (excluding diaryl/α,β-unsaturated/α-hetero) is 1. The molecule has 3 rings (SSSR count). The van der Waals surface area contributed by atoms with Crippen molar-refractivity contribution in [1.29, 1.82) is 0 Å². The fraction of sp³-hybridized carbons (Fsp3) is 0.250. The molecule has 6 nitrogen and oxygen atoms in total. The summed E-state index contributed by atoms with van der Waals surface area (Å²) in [6.07, 6.45) is 0. The molecular formula is C16H16N4O2S3. The Labute approximate surface area is 157 Å². The van der Waals surface area contributed by atoms with Gasteiger partial charge in [0.05, 0.1) is 0 Å². The first kappa shape index (κ1) is 17.8. The van der Waals surface area contributed by atoms with E-state index in [2.05, 4.69) is 26.6 Å². The fourth-order valence-electron chi connectivity index (χ4n) is 2.51. The highest BCUT2D eigenvalue weighted by Gasteiger charge is 2.20. The Hall–Kier alpha value is -1.97. The maximum atomic E-state index is 12.5. The van der Waals surface area contributed by atoms with E-state index < -0.39 is 0 Å². The summed E-state index contributed by atoms with van der Waals surface area (Å²) >= 11 is 4.62. The van der Waals surface area contributed by atoms with E-state index in [-0.39, 0.29) is 11.7 Å². The lowest BCUT2D eigenvalue weighted by atomic mass is 10.1. The molecule has 3 heterocycles. The van der Waals surface area contributed by atoms with Gasteiger partial charge in [0, 0.05) is 21.9 Å². The van der Waals surface area contributed by atoms with Gasteiger partial charge >= 0.3 is 0 Å². The third kappa shape index (κ3) is 4.00. The quantitative estimate of drug-likeness (QED) is 0.371. The molecule has 0 saturated carbocycles. The molecule has 0 radical (unpaired) electrons. The van der Waals surface area contributed by atoms with Crippen molar-refractivity contribution in [2.75, 3.05) is 5.32 Å². The summed E-state index contributed by atoms with van der Waals surface area (Å²) in [5.41, 5.74) is 2.29. The number of aromatic amines is 1. The number of hydrogen-bond donors (Lipinski definition) is 2.